The lowest BCUT2D eigenvalue weighted by Gasteiger charge is -2.23. The van der Waals surface area contributed by atoms with E-state index in [1.807, 2.05) is 0 Å². The zero-order valence-corrected chi connectivity index (χ0v) is 36.6. The Morgan fingerprint density at radius 1 is 0.302 bits per heavy atom. The number of hydrogen-bond acceptors (Lipinski definition) is 3. The Morgan fingerprint density at radius 3 is 0.642 bits per heavy atom. The molecule has 2 aliphatic rings. The number of ether oxygens (including phenoxy) is 3. The SMILES string of the molecule is CCCCCCCCCCCCCCCCCCCCCCC(OC(CCCCCCCCCCCCCCCCCCCCCC)C1CO1)C1CO1. The first-order chi connectivity index (χ1) is 26.3. The van der Waals surface area contributed by atoms with Crippen molar-refractivity contribution < 1.29 is 14.2 Å². The van der Waals surface area contributed by atoms with Crippen molar-refractivity contribution in [3.8, 4) is 0 Å². The van der Waals surface area contributed by atoms with E-state index in [1.54, 1.807) is 0 Å². The number of rotatable bonds is 46. The molecule has 0 radical (unpaired) electrons. The van der Waals surface area contributed by atoms with Crippen LogP contribution in [0.25, 0.3) is 0 Å². The smallest absolute Gasteiger partial charge is 0.107 e. The van der Waals surface area contributed by atoms with Crippen LogP contribution in [0.4, 0.5) is 0 Å². The van der Waals surface area contributed by atoms with Crippen LogP contribution < -0.4 is 0 Å². The lowest BCUT2D eigenvalue weighted by molar-refractivity contribution is -0.0468. The fourth-order valence-corrected chi connectivity index (χ4v) is 8.65. The largest absolute Gasteiger partial charge is 0.370 e. The van der Waals surface area contributed by atoms with E-state index in [0.29, 0.717) is 24.4 Å². The fraction of sp³-hybridized carbons (Fsp3) is 1.00. The Bertz CT molecular complexity index is 645. The minimum Gasteiger partial charge on any atom is -0.370 e. The van der Waals surface area contributed by atoms with E-state index in [0.717, 1.165) is 13.2 Å². The van der Waals surface area contributed by atoms with Crippen molar-refractivity contribution in [2.45, 2.75) is 308 Å². The highest BCUT2D eigenvalue weighted by Gasteiger charge is 2.40. The van der Waals surface area contributed by atoms with E-state index in [1.165, 1.54) is 270 Å². The molecule has 3 nitrogen and oxygen atoms in total. The molecule has 0 aliphatic carbocycles. The van der Waals surface area contributed by atoms with E-state index in [2.05, 4.69) is 13.8 Å². The predicted molar refractivity (Wildman–Crippen MR) is 233 cm³/mol. The lowest BCUT2D eigenvalue weighted by Crippen LogP contribution is -2.30. The molecule has 2 fully saturated rings. The summed E-state index contributed by atoms with van der Waals surface area (Å²) in [5, 5.41) is 0. The van der Waals surface area contributed by atoms with Crippen molar-refractivity contribution in [2.75, 3.05) is 13.2 Å². The van der Waals surface area contributed by atoms with Crippen LogP contribution in [-0.4, -0.2) is 37.6 Å². The van der Waals surface area contributed by atoms with Crippen molar-refractivity contribution in [1.29, 1.82) is 0 Å². The van der Waals surface area contributed by atoms with E-state index >= 15 is 0 Å². The van der Waals surface area contributed by atoms with E-state index in [4.69, 9.17) is 14.2 Å². The number of epoxide rings is 2. The fourth-order valence-electron chi connectivity index (χ4n) is 8.65. The maximum atomic E-state index is 6.73. The zero-order chi connectivity index (χ0) is 37.5. The van der Waals surface area contributed by atoms with Gasteiger partial charge in [0.1, 0.15) is 12.2 Å². The summed E-state index contributed by atoms with van der Waals surface area (Å²) < 4.78 is 18.2. The minimum absolute atomic E-state index is 0.296. The average Bonchev–Trinajstić information content (AvgIpc) is 4.10. The van der Waals surface area contributed by atoms with Gasteiger partial charge in [0, 0.05) is 0 Å². The van der Waals surface area contributed by atoms with Gasteiger partial charge in [-0.15, -0.1) is 0 Å². The van der Waals surface area contributed by atoms with Crippen molar-refractivity contribution in [3.05, 3.63) is 0 Å². The molecule has 3 heteroatoms. The van der Waals surface area contributed by atoms with Gasteiger partial charge in [-0.05, 0) is 12.8 Å². The molecule has 2 aliphatic heterocycles. The molecule has 4 unspecified atom stereocenters. The van der Waals surface area contributed by atoms with Gasteiger partial charge < -0.3 is 14.2 Å². The molecule has 53 heavy (non-hydrogen) atoms. The highest BCUT2D eigenvalue weighted by molar-refractivity contribution is 4.86. The van der Waals surface area contributed by atoms with Crippen LogP contribution >= 0.6 is 0 Å². The predicted octanol–water partition coefficient (Wildman–Crippen LogP) is 17.0. The Morgan fingerprint density at radius 2 is 0.472 bits per heavy atom. The molecular formula is C50H98O3. The summed E-state index contributed by atoms with van der Waals surface area (Å²) in [6.45, 7) is 6.42. The molecule has 0 spiro atoms. The standard InChI is InChI=1S/C50H98O3/c1-3-5-7-9-11-13-15-17-19-21-23-25-27-29-31-33-35-37-39-41-43-47(49-45-51-49)53-48(50-46-52-50)44-42-40-38-36-34-32-30-28-26-24-22-20-18-16-14-12-10-8-6-4-2/h47-50H,3-46H2,1-2H3. The molecule has 316 valence electrons. The molecular weight excluding hydrogens is 649 g/mol. The number of hydrogen-bond donors (Lipinski definition) is 0. The first kappa shape index (κ1) is 49.0. The molecule has 0 aromatic rings. The molecule has 0 aromatic carbocycles. The third-order valence-electron chi connectivity index (χ3n) is 12.6. The van der Waals surface area contributed by atoms with Crippen LogP contribution in [0.1, 0.15) is 284 Å². The van der Waals surface area contributed by atoms with E-state index < -0.39 is 0 Å². The van der Waals surface area contributed by atoms with E-state index in [9.17, 15) is 0 Å². The zero-order valence-electron chi connectivity index (χ0n) is 36.6. The summed E-state index contributed by atoms with van der Waals surface area (Å²) >= 11 is 0. The molecule has 2 rings (SSSR count). The summed E-state index contributed by atoms with van der Waals surface area (Å²) in [7, 11) is 0. The molecule has 0 saturated carbocycles. The normalized spacial score (nSPS) is 17.8. The maximum absolute atomic E-state index is 6.73. The third-order valence-corrected chi connectivity index (χ3v) is 12.6. The van der Waals surface area contributed by atoms with Gasteiger partial charge in [-0.3, -0.25) is 0 Å². The van der Waals surface area contributed by atoms with Crippen LogP contribution in [0.3, 0.4) is 0 Å². The second-order valence-electron chi connectivity index (χ2n) is 18.0. The molecule has 4 atom stereocenters. The second kappa shape index (κ2) is 38.7. The van der Waals surface area contributed by atoms with Crippen LogP contribution in [0.15, 0.2) is 0 Å². The van der Waals surface area contributed by atoms with Gasteiger partial charge in [0.2, 0.25) is 0 Å². The van der Waals surface area contributed by atoms with Gasteiger partial charge in [0.25, 0.3) is 0 Å². The Hall–Kier alpha value is -0.120. The van der Waals surface area contributed by atoms with Gasteiger partial charge in [0.15, 0.2) is 0 Å². The van der Waals surface area contributed by atoms with Crippen LogP contribution in [0.2, 0.25) is 0 Å². The Labute approximate surface area is 334 Å². The van der Waals surface area contributed by atoms with E-state index in [-0.39, 0.29) is 0 Å². The van der Waals surface area contributed by atoms with Gasteiger partial charge in [-0.2, -0.15) is 0 Å². The van der Waals surface area contributed by atoms with Gasteiger partial charge in [-0.25, -0.2) is 0 Å². The summed E-state index contributed by atoms with van der Waals surface area (Å²) in [5.74, 6) is 0. The highest BCUT2D eigenvalue weighted by atomic mass is 16.6. The van der Waals surface area contributed by atoms with Crippen molar-refractivity contribution in [1.82, 2.24) is 0 Å². The molecule has 0 N–H and O–H groups in total. The Balaban J connectivity index is 1.31. The van der Waals surface area contributed by atoms with Crippen molar-refractivity contribution in [3.63, 3.8) is 0 Å². The molecule has 0 aromatic heterocycles. The maximum Gasteiger partial charge on any atom is 0.107 e. The van der Waals surface area contributed by atoms with Crippen molar-refractivity contribution in [2.24, 2.45) is 0 Å². The first-order valence-electron chi connectivity index (χ1n) is 25.2. The van der Waals surface area contributed by atoms with Gasteiger partial charge in [0.05, 0.1) is 25.4 Å². The molecule has 2 saturated heterocycles. The summed E-state index contributed by atoms with van der Waals surface area (Å²) in [5.41, 5.74) is 0. The lowest BCUT2D eigenvalue weighted by atomic mass is 10.0. The summed E-state index contributed by atoms with van der Waals surface area (Å²) in [6, 6.07) is 0. The minimum atomic E-state index is 0.296. The molecule has 0 bridgehead atoms. The van der Waals surface area contributed by atoms with Gasteiger partial charge in [-0.1, -0.05) is 271 Å². The quantitative estimate of drug-likeness (QED) is 0.0459. The molecule has 2 heterocycles. The monoisotopic (exact) mass is 747 g/mol. The van der Waals surface area contributed by atoms with Crippen LogP contribution in [0, 0.1) is 0 Å². The topological polar surface area (TPSA) is 34.3 Å². The second-order valence-corrected chi connectivity index (χ2v) is 18.0. The van der Waals surface area contributed by atoms with Crippen molar-refractivity contribution >= 4 is 0 Å². The summed E-state index contributed by atoms with van der Waals surface area (Å²) in [4.78, 5) is 0. The van der Waals surface area contributed by atoms with Gasteiger partial charge >= 0.3 is 0 Å². The summed E-state index contributed by atoms with van der Waals surface area (Å²) in [6.07, 6.45) is 61.2. The third kappa shape index (κ3) is 33.7. The first-order valence-corrected chi connectivity index (χ1v) is 25.2. The average molecular weight is 747 g/mol. The Kier molecular flexibility index (Phi) is 35.8. The van der Waals surface area contributed by atoms with Crippen LogP contribution in [-0.2, 0) is 14.2 Å². The number of unbranched alkanes of at least 4 members (excludes halogenated alkanes) is 38. The van der Waals surface area contributed by atoms with Crippen LogP contribution in [0.5, 0.6) is 0 Å². The molecule has 0 amide bonds. The highest BCUT2D eigenvalue weighted by Crippen LogP contribution is 2.30.